The van der Waals surface area contributed by atoms with Crippen LogP contribution in [0.1, 0.15) is 36.3 Å². The second kappa shape index (κ2) is 13.4. The van der Waals surface area contributed by atoms with Crippen LogP contribution in [0.4, 0.5) is 17.8 Å². The van der Waals surface area contributed by atoms with E-state index in [4.69, 9.17) is 0 Å². The van der Waals surface area contributed by atoms with Crippen molar-refractivity contribution in [3.63, 3.8) is 0 Å². The lowest BCUT2D eigenvalue weighted by Gasteiger charge is -2.33. The van der Waals surface area contributed by atoms with Gasteiger partial charge in [-0.05, 0) is 36.9 Å². The molecular formula is C29H37N7. The fourth-order valence-corrected chi connectivity index (χ4v) is 4.60. The van der Waals surface area contributed by atoms with E-state index >= 15 is 0 Å². The molecule has 0 aliphatic carbocycles. The maximum Gasteiger partial charge on any atom is 0.231 e. The molecule has 1 fully saturated rings. The predicted octanol–water partition coefficient (Wildman–Crippen LogP) is 4.85. The van der Waals surface area contributed by atoms with Gasteiger partial charge in [0.05, 0.1) is 0 Å². The smallest absolute Gasteiger partial charge is 0.231 e. The van der Waals surface area contributed by atoms with Gasteiger partial charge in [0.2, 0.25) is 17.8 Å². The van der Waals surface area contributed by atoms with Gasteiger partial charge in [0.15, 0.2) is 0 Å². The highest BCUT2D eigenvalue weighted by molar-refractivity contribution is 5.44. The van der Waals surface area contributed by atoms with Crippen LogP contribution in [0.25, 0.3) is 0 Å². The minimum Gasteiger partial charge on any atom is -0.351 e. The molecular weight excluding hydrogens is 446 g/mol. The molecule has 0 spiro atoms. The van der Waals surface area contributed by atoms with Crippen molar-refractivity contribution >= 4 is 17.8 Å². The Morgan fingerprint density at radius 1 is 0.806 bits per heavy atom. The van der Waals surface area contributed by atoms with E-state index in [-0.39, 0.29) is 0 Å². The summed E-state index contributed by atoms with van der Waals surface area (Å²) in [5, 5.41) is 10.2. The van der Waals surface area contributed by atoms with E-state index in [1.54, 1.807) is 12.2 Å². The Kier molecular flexibility index (Phi) is 9.45. The van der Waals surface area contributed by atoms with Gasteiger partial charge >= 0.3 is 0 Å². The summed E-state index contributed by atoms with van der Waals surface area (Å²) in [7, 11) is 0. The quantitative estimate of drug-likeness (QED) is 0.300. The van der Waals surface area contributed by atoms with Gasteiger partial charge in [-0.25, -0.2) is 0 Å². The molecule has 188 valence electrons. The van der Waals surface area contributed by atoms with Crippen LogP contribution in [0.2, 0.25) is 0 Å². The second-order valence-corrected chi connectivity index (χ2v) is 9.00. The lowest BCUT2D eigenvalue weighted by Crippen LogP contribution is -2.43. The molecule has 3 N–H and O–H groups in total. The Morgan fingerprint density at radius 2 is 1.33 bits per heavy atom. The van der Waals surface area contributed by atoms with Crippen LogP contribution < -0.4 is 20.9 Å². The molecule has 1 aromatic heterocycles. The minimum atomic E-state index is 0.396. The van der Waals surface area contributed by atoms with Crippen molar-refractivity contribution in [2.75, 3.05) is 48.3 Å². The summed E-state index contributed by atoms with van der Waals surface area (Å²) < 4.78 is 0. The predicted molar refractivity (Wildman–Crippen MR) is 150 cm³/mol. The monoisotopic (exact) mass is 483 g/mol. The molecule has 0 unspecified atom stereocenters. The third-order valence-electron chi connectivity index (χ3n) is 6.48. The highest BCUT2D eigenvalue weighted by Crippen LogP contribution is 2.27. The van der Waals surface area contributed by atoms with Gasteiger partial charge in [0.1, 0.15) is 0 Å². The molecule has 7 heteroatoms. The molecule has 3 aromatic rings. The first-order valence-corrected chi connectivity index (χ1v) is 12.8. The first-order chi connectivity index (χ1) is 17.8. The third-order valence-corrected chi connectivity index (χ3v) is 6.48. The Bertz CT molecular complexity index is 1010. The van der Waals surface area contributed by atoms with Gasteiger partial charge in [-0.1, -0.05) is 72.8 Å². The van der Waals surface area contributed by atoms with Crippen molar-refractivity contribution in [3.8, 4) is 0 Å². The molecule has 7 nitrogen and oxygen atoms in total. The van der Waals surface area contributed by atoms with E-state index < -0.39 is 0 Å². The Labute approximate surface area is 214 Å². The van der Waals surface area contributed by atoms with Gasteiger partial charge in [-0.3, -0.25) is 0 Å². The number of anilines is 3. The minimum absolute atomic E-state index is 0.396. The van der Waals surface area contributed by atoms with E-state index in [0.717, 1.165) is 38.9 Å². The molecule has 0 atom stereocenters. The van der Waals surface area contributed by atoms with Crippen LogP contribution in [-0.4, -0.2) is 53.7 Å². The number of hydrogen-bond acceptors (Lipinski definition) is 7. The molecule has 0 radical (unpaired) electrons. The lowest BCUT2D eigenvalue weighted by molar-refractivity contribution is 0.406. The first-order valence-electron chi connectivity index (χ1n) is 12.8. The summed E-state index contributed by atoms with van der Waals surface area (Å²) in [5.74, 6) is 2.21. The summed E-state index contributed by atoms with van der Waals surface area (Å²) in [6.07, 6.45) is 6.75. The van der Waals surface area contributed by atoms with Crippen LogP contribution in [0.3, 0.4) is 0 Å². The zero-order valence-electron chi connectivity index (χ0n) is 20.9. The maximum absolute atomic E-state index is 4.64. The van der Waals surface area contributed by atoms with Gasteiger partial charge in [-0.15, -0.1) is 13.2 Å². The zero-order chi connectivity index (χ0) is 25.0. The third kappa shape index (κ3) is 7.15. The highest BCUT2D eigenvalue weighted by Gasteiger charge is 2.22. The molecule has 0 saturated carbocycles. The molecule has 0 bridgehead atoms. The SMILES string of the molecule is C=CCNc1nc(NCC=C)nc(N2CCC(NCCC(c3ccccc3)c3ccccc3)CC2)n1. The number of rotatable bonds is 13. The summed E-state index contributed by atoms with van der Waals surface area (Å²) in [4.78, 5) is 16.0. The molecule has 4 rings (SSSR count). The van der Waals surface area contributed by atoms with E-state index in [2.05, 4.69) is 110 Å². The molecule has 2 heterocycles. The fraction of sp³-hybridized carbons (Fsp3) is 0.345. The van der Waals surface area contributed by atoms with E-state index in [0.29, 0.717) is 42.9 Å². The van der Waals surface area contributed by atoms with E-state index in [1.165, 1.54) is 11.1 Å². The fourth-order valence-electron chi connectivity index (χ4n) is 4.60. The van der Waals surface area contributed by atoms with E-state index in [1.807, 2.05) is 0 Å². The number of nitrogens with zero attached hydrogens (tertiary/aromatic N) is 4. The first kappa shape index (κ1) is 25.4. The topological polar surface area (TPSA) is 78.0 Å². The maximum atomic E-state index is 4.64. The van der Waals surface area contributed by atoms with Gasteiger partial charge in [0.25, 0.3) is 0 Å². The normalized spacial score (nSPS) is 14.0. The molecule has 0 amide bonds. The molecule has 2 aromatic carbocycles. The van der Waals surface area contributed by atoms with Crippen LogP contribution in [-0.2, 0) is 0 Å². The van der Waals surface area contributed by atoms with Crippen molar-refractivity contribution in [1.82, 2.24) is 20.3 Å². The molecule has 1 saturated heterocycles. The summed E-state index contributed by atoms with van der Waals surface area (Å²) in [6, 6.07) is 22.1. The van der Waals surface area contributed by atoms with Gasteiger partial charge in [-0.2, -0.15) is 15.0 Å². The Balaban J connectivity index is 1.32. The number of aromatic nitrogens is 3. The van der Waals surface area contributed by atoms with Crippen molar-refractivity contribution in [3.05, 3.63) is 97.1 Å². The van der Waals surface area contributed by atoms with Crippen LogP contribution in [0.15, 0.2) is 86.0 Å². The van der Waals surface area contributed by atoms with Crippen molar-refractivity contribution in [2.45, 2.75) is 31.2 Å². The number of benzene rings is 2. The summed E-state index contributed by atoms with van der Waals surface area (Å²) in [6.45, 7) is 11.5. The van der Waals surface area contributed by atoms with Crippen LogP contribution >= 0.6 is 0 Å². The van der Waals surface area contributed by atoms with E-state index in [9.17, 15) is 0 Å². The average Bonchev–Trinajstić information content (AvgIpc) is 2.94. The summed E-state index contributed by atoms with van der Waals surface area (Å²) >= 11 is 0. The largest absolute Gasteiger partial charge is 0.351 e. The Morgan fingerprint density at radius 3 is 1.83 bits per heavy atom. The van der Waals surface area contributed by atoms with Gasteiger partial charge < -0.3 is 20.9 Å². The Hall–Kier alpha value is -3.71. The molecule has 1 aliphatic heterocycles. The molecule has 36 heavy (non-hydrogen) atoms. The van der Waals surface area contributed by atoms with Crippen LogP contribution in [0.5, 0.6) is 0 Å². The molecule has 1 aliphatic rings. The lowest BCUT2D eigenvalue weighted by atomic mass is 9.88. The number of piperidine rings is 1. The number of hydrogen-bond donors (Lipinski definition) is 3. The summed E-state index contributed by atoms with van der Waals surface area (Å²) in [5.41, 5.74) is 2.74. The van der Waals surface area contributed by atoms with Crippen molar-refractivity contribution in [2.24, 2.45) is 0 Å². The van der Waals surface area contributed by atoms with Gasteiger partial charge in [0, 0.05) is 38.1 Å². The average molecular weight is 484 g/mol. The standard InChI is InChI=1S/C29H37N7/c1-3-18-31-27-33-28(32-19-4-2)35-29(34-27)36-21-16-25(17-22-36)30-20-15-26(23-11-7-5-8-12-23)24-13-9-6-10-14-24/h3-14,25-26,30H,1-2,15-22H2,(H2,31,32,33,34,35). The second-order valence-electron chi connectivity index (χ2n) is 9.00. The van der Waals surface area contributed by atoms with Crippen molar-refractivity contribution < 1.29 is 0 Å². The highest BCUT2D eigenvalue weighted by atomic mass is 15.3. The van der Waals surface area contributed by atoms with Crippen LogP contribution in [0, 0.1) is 0 Å². The van der Waals surface area contributed by atoms with Crippen molar-refractivity contribution in [1.29, 1.82) is 0 Å². The number of nitrogens with one attached hydrogen (secondary N) is 3. The zero-order valence-corrected chi connectivity index (χ0v) is 20.9.